The molecule has 37 heavy (non-hydrogen) atoms. The standard InChI is InChI=1S/C15H18Cl2N2O3.C9H6ClNO3S/c1-8(2)21-12-7-11(9(16)6-10(12)17)19-14(20)22-13(18-19)15(3,4)5;10-5-2-1-3-6-8(5)11(4-7(12)13)9(14)15-6/h6-8H,1-5H3;1-3H,4H2,(H,12,13). The van der Waals surface area contributed by atoms with Crippen molar-refractivity contribution in [3.05, 3.63) is 71.5 Å². The van der Waals surface area contributed by atoms with E-state index < -0.39 is 11.7 Å². The zero-order chi connectivity index (χ0) is 27.7. The van der Waals surface area contributed by atoms with Crippen LogP contribution in [0.1, 0.15) is 40.5 Å². The minimum Gasteiger partial charge on any atom is -0.489 e. The molecular formula is C24H24Cl3N3O6S. The zero-order valence-corrected chi connectivity index (χ0v) is 23.6. The van der Waals surface area contributed by atoms with Crippen molar-refractivity contribution in [1.82, 2.24) is 14.3 Å². The van der Waals surface area contributed by atoms with Crippen molar-refractivity contribution in [3.63, 3.8) is 0 Å². The summed E-state index contributed by atoms with van der Waals surface area (Å²) in [7, 11) is 0. The van der Waals surface area contributed by atoms with Gasteiger partial charge in [-0.05, 0) is 32.0 Å². The third kappa shape index (κ3) is 6.75. The van der Waals surface area contributed by atoms with E-state index in [9.17, 15) is 14.4 Å². The Kier molecular flexibility index (Phi) is 8.79. The Hall–Kier alpha value is -2.79. The van der Waals surface area contributed by atoms with Crippen molar-refractivity contribution in [2.75, 3.05) is 0 Å². The fraction of sp³-hybridized carbons (Fsp3) is 0.333. The normalized spacial score (nSPS) is 11.5. The van der Waals surface area contributed by atoms with E-state index in [0.29, 0.717) is 37.6 Å². The highest BCUT2D eigenvalue weighted by Crippen LogP contribution is 2.33. The Morgan fingerprint density at radius 3 is 2.38 bits per heavy atom. The number of hydrogen-bond acceptors (Lipinski definition) is 7. The van der Waals surface area contributed by atoms with E-state index in [1.807, 2.05) is 34.6 Å². The predicted molar refractivity (Wildman–Crippen MR) is 145 cm³/mol. The van der Waals surface area contributed by atoms with Gasteiger partial charge in [-0.15, -0.1) is 5.10 Å². The number of carbonyl (C=O) groups is 1. The van der Waals surface area contributed by atoms with E-state index in [1.165, 1.54) is 10.6 Å². The van der Waals surface area contributed by atoms with Crippen LogP contribution in [0.5, 0.6) is 5.75 Å². The van der Waals surface area contributed by atoms with Crippen LogP contribution in [-0.2, 0) is 16.8 Å². The Morgan fingerprint density at radius 1 is 1.14 bits per heavy atom. The van der Waals surface area contributed by atoms with E-state index >= 15 is 0 Å². The molecule has 1 N–H and O–H groups in total. The molecule has 198 valence electrons. The van der Waals surface area contributed by atoms with Gasteiger partial charge in [0.25, 0.3) is 0 Å². The van der Waals surface area contributed by atoms with E-state index in [0.717, 1.165) is 16.0 Å². The molecule has 0 spiro atoms. The number of carboxylic acid groups (broad SMARTS) is 1. The van der Waals surface area contributed by atoms with E-state index in [2.05, 4.69) is 5.10 Å². The zero-order valence-electron chi connectivity index (χ0n) is 20.5. The third-order valence-corrected chi connectivity index (χ3v) is 6.56. The van der Waals surface area contributed by atoms with Crippen molar-refractivity contribution in [2.45, 2.75) is 52.7 Å². The molecule has 0 aliphatic heterocycles. The van der Waals surface area contributed by atoms with Crippen LogP contribution in [-0.4, -0.2) is 31.5 Å². The number of benzene rings is 2. The van der Waals surface area contributed by atoms with E-state index in [-0.39, 0.29) is 28.0 Å². The Balaban J connectivity index is 0.000000220. The fourth-order valence-electron chi connectivity index (χ4n) is 3.12. The van der Waals surface area contributed by atoms with Crippen LogP contribution in [0, 0.1) is 0 Å². The number of hydrogen-bond donors (Lipinski definition) is 1. The first-order chi connectivity index (χ1) is 17.2. The largest absolute Gasteiger partial charge is 0.489 e. The SMILES string of the molecule is CC(C)Oc1cc(-n2nc(C(C)(C)C)oc2=O)c(Cl)cc1Cl.O=C(O)Cn1c(=O)sc2cccc(Cl)c21. The number of carboxylic acids is 1. The summed E-state index contributed by atoms with van der Waals surface area (Å²) in [5.74, 6) is -0.903. The minimum atomic E-state index is -1.06. The quantitative estimate of drug-likeness (QED) is 0.303. The molecule has 2 heterocycles. The molecule has 0 saturated carbocycles. The summed E-state index contributed by atoms with van der Waals surface area (Å²) in [5.41, 5.74) is 0.475. The first-order valence-electron chi connectivity index (χ1n) is 11.0. The molecule has 0 bridgehead atoms. The lowest BCUT2D eigenvalue weighted by Crippen LogP contribution is -2.18. The fourth-order valence-corrected chi connectivity index (χ4v) is 4.88. The second kappa shape index (κ2) is 11.3. The van der Waals surface area contributed by atoms with Gasteiger partial charge in [0.15, 0.2) is 0 Å². The van der Waals surface area contributed by atoms with Crippen LogP contribution in [0.3, 0.4) is 0 Å². The van der Waals surface area contributed by atoms with Gasteiger partial charge in [0.2, 0.25) is 5.89 Å². The average molecular weight is 589 g/mol. The molecule has 0 unspecified atom stereocenters. The average Bonchev–Trinajstić information content (AvgIpc) is 3.30. The monoisotopic (exact) mass is 587 g/mol. The maximum absolute atomic E-state index is 12.1. The highest BCUT2D eigenvalue weighted by atomic mass is 35.5. The lowest BCUT2D eigenvalue weighted by molar-refractivity contribution is -0.137. The third-order valence-electron chi connectivity index (χ3n) is 4.71. The summed E-state index contributed by atoms with van der Waals surface area (Å²) in [6.45, 7) is 9.11. The molecule has 4 aromatic rings. The van der Waals surface area contributed by atoms with E-state index in [4.69, 9.17) is 49.1 Å². The predicted octanol–water partition coefficient (Wildman–Crippen LogP) is 6.02. The molecule has 0 atom stereocenters. The molecule has 0 fully saturated rings. The first-order valence-corrected chi connectivity index (χ1v) is 12.9. The number of aromatic nitrogens is 3. The number of ether oxygens (including phenoxy) is 1. The molecule has 0 amide bonds. The number of rotatable bonds is 5. The molecule has 2 aromatic heterocycles. The Morgan fingerprint density at radius 2 is 1.81 bits per heavy atom. The van der Waals surface area contributed by atoms with Gasteiger partial charge >= 0.3 is 16.6 Å². The highest BCUT2D eigenvalue weighted by Gasteiger charge is 2.24. The molecule has 9 nitrogen and oxygen atoms in total. The molecular weight excluding hydrogens is 565 g/mol. The van der Waals surface area contributed by atoms with Crippen LogP contribution in [0.4, 0.5) is 0 Å². The van der Waals surface area contributed by atoms with Crippen LogP contribution < -0.4 is 15.4 Å². The molecule has 2 aromatic carbocycles. The van der Waals surface area contributed by atoms with Crippen molar-refractivity contribution in [2.24, 2.45) is 0 Å². The summed E-state index contributed by atoms with van der Waals surface area (Å²) in [5, 5.41) is 13.9. The molecule has 0 aliphatic carbocycles. The molecule has 0 saturated heterocycles. The van der Waals surface area contributed by atoms with Crippen molar-refractivity contribution in [1.29, 1.82) is 0 Å². The van der Waals surface area contributed by atoms with Crippen LogP contribution >= 0.6 is 46.1 Å². The van der Waals surface area contributed by atoms with Crippen molar-refractivity contribution in [3.8, 4) is 11.4 Å². The summed E-state index contributed by atoms with van der Waals surface area (Å²) >= 11 is 19.2. The maximum atomic E-state index is 12.1. The first kappa shape index (κ1) is 28.8. The van der Waals surface area contributed by atoms with Gasteiger partial charge in [-0.25, -0.2) is 4.79 Å². The van der Waals surface area contributed by atoms with Gasteiger partial charge in [0.1, 0.15) is 12.3 Å². The number of halogens is 3. The summed E-state index contributed by atoms with van der Waals surface area (Å²) in [4.78, 5) is 33.8. The maximum Gasteiger partial charge on any atom is 0.442 e. The number of nitrogens with zero attached hydrogens (tertiary/aromatic N) is 3. The van der Waals surface area contributed by atoms with Gasteiger partial charge in [-0.3, -0.25) is 14.2 Å². The molecule has 4 rings (SSSR count). The summed E-state index contributed by atoms with van der Waals surface area (Å²) < 4.78 is 13.8. The minimum absolute atomic E-state index is 0.0642. The van der Waals surface area contributed by atoms with Gasteiger partial charge in [-0.2, -0.15) is 4.68 Å². The molecule has 13 heteroatoms. The van der Waals surface area contributed by atoms with Crippen molar-refractivity contribution >= 4 is 62.3 Å². The highest BCUT2D eigenvalue weighted by molar-refractivity contribution is 7.16. The molecule has 0 radical (unpaired) electrons. The van der Waals surface area contributed by atoms with Gasteiger partial charge in [0, 0.05) is 11.5 Å². The number of fused-ring (bicyclic) bond motifs is 1. The Labute approximate surface area is 230 Å². The Bertz CT molecular complexity index is 1560. The van der Waals surface area contributed by atoms with Gasteiger partial charge < -0.3 is 14.3 Å². The van der Waals surface area contributed by atoms with Gasteiger partial charge in [-0.1, -0.05) is 73.0 Å². The molecule has 0 aliphatic rings. The number of para-hydroxylation sites is 1. The number of thiazole rings is 1. The second-order valence-corrected chi connectivity index (χ2v) is 11.4. The number of aliphatic carboxylic acids is 1. The van der Waals surface area contributed by atoms with Crippen molar-refractivity contribution < 1.29 is 19.1 Å². The van der Waals surface area contributed by atoms with E-state index in [1.54, 1.807) is 24.3 Å². The second-order valence-electron chi connectivity index (χ2n) is 9.17. The smallest absolute Gasteiger partial charge is 0.442 e. The van der Waals surface area contributed by atoms with Gasteiger partial charge in [0.05, 0.1) is 37.1 Å². The van der Waals surface area contributed by atoms with Crippen LogP contribution in [0.2, 0.25) is 15.1 Å². The topological polar surface area (TPSA) is 117 Å². The lowest BCUT2D eigenvalue weighted by Gasteiger charge is -2.13. The lowest BCUT2D eigenvalue weighted by atomic mass is 9.97. The van der Waals surface area contributed by atoms with Crippen LogP contribution in [0.25, 0.3) is 15.9 Å². The van der Waals surface area contributed by atoms with Crippen LogP contribution in [0.15, 0.2) is 44.3 Å². The summed E-state index contributed by atoms with van der Waals surface area (Å²) in [6.07, 6.45) is -0.0642. The summed E-state index contributed by atoms with van der Waals surface area (Å²) in [6, 6.07) is 8.21.